The number of nitrogens with zero attached hydrogens (tertiary/aromatic N) is 2. The number of Topliss-reactive ketones (excluding diaryl/α,β-unsaturated/α-hetero) is 1. The molecular formula is C17H14N2O3S2. The van der Waals surface area contributed by atoms with E-state index in [0.29, 0.717) is 22.8 Å². The molecule has 5 nitrogen and oxygen atoms in total. The molecule has 0 atom stereocenters. The molecule has 0 N–H and O–H groups in total. The lowest BCUT2D eigenvalue weighted by atomic mass is 10.1. The molecule has 3 aromatic rings. The zero-order valence-electron chi connectivity index (χ0n) is 12.9. The molecule has 0 spiro atoms. The van der Waals surface area contributed by atoms with Crippen LogP contribution in [-0.2, 0) is 6.42 Å². The number of benzene rings is 1. The smallest absolute Gasteiger partial charge is 0.231 e. The van der Waals surface area contributed by atoms with Gasteiger partial charge in [-0.3, -0.25) is 4.79 Å². The molecule has 0 amide bonds. The number of thiophene rings is 1. The molecule has 2 aromatic heterocycles. The molecular weight excluding hydrogens is 344 g/mol. The molecule has 3 heterocycles. The lowest BCUT2D eigenvalue weighted by Gasteiger charge is -2.03. The maximum absolute atomic E-state index is 12.5. The lowest BCUT2D eigenvalue weighted by Crippen LogP contribution is -2.02. The van der Waals surface area contributed by atoms with E-state index < -0.39 is 0 Å². The van der Waals surface area contributed by atoms with Crippen molar-refractivity contribution in [1.82, 2.24) is 9.97 Å². The van der Waals surface area contributed by atoms with Crippen LogP contribution in [0.3, 0.4) is 0 Å². The Labute approximate surface area is 147 Å². The zero-order chi connectivity index (χ0) is 16.5. The van der Waals surface area contributed by atoms with Gasteiger partial charge in [0.1, 0.15) is 16.2 Å². The summed E-state index contributed by atoms with van der Waals surface area (Å²) < 4.78 is 10.6. The van der Waals surface area contributed by atoms with Crippen molar-refractivity contribution < 1.29 is 14.3 Å². The number of carbonyl (C=O) groups is 1. The Morgan fingerprint density at radius 1 is 1.25 bits per heavy atom. The predicted molar refractivity (Wildman–Crippen MR) is 94.4 cm³/mol. The van der Waals surface area contributed by atoms with Gasteiger partial charge in [0.2, 0.25) is 6.79 Å². The summed E-state index contributed by atoms with van der Waals surface area (Å²) >= 11 is 3.12. The molecule has 0 saturated carbocycles. The topological polar surface area (TPSA) is 61.3 Å². The summed E-state index contributed by atoms with van der Waals surface area (Å²) in [4.78, 5) is 23.4. The molecule has 0 fully saturated rings. The molecule has 0 bridgehead atoms. The normalized spacial score (nSPS) is 12.7. The molecule has 0 unspecified atom stereocenters. The molecule has 122 valence electrons. The highest BCUT2D eigenvalue weighted by Gasteiger charge is 2.17. The number of hydrogen-bond acceptors (Lipinski definition) is 7. The van der Waals surface area contributed by atoms with Crippen LogP contribution in [0.5, 0.6) is 11.5 Å². The molecule has 0 saturated heterocycles. The summed E-state index contributed by atoms with van der Waals surface area (Å²) in [6.07, 6.45) is 2.53. The molecule has 4 rings (SSSR count). The number of aryl methyl sites for hydroxylation is 1. The van der Waals surface area contributed by atoms with Crippen molar-refractivity contribution in [3.05, 3.63) is 41.0 Å². The van der Waals surface area contributed by atoms with Crippen molar-refractivity contribution >= 4 is 39.1 Å². The van der Waals surface area contributed by atoms with E-state index in [2.05, 4.69) is 23.0 Å². The standard InChI is InChI=1S/C17H14N2O3S2/c1-2-11-6-12-16(18-8-19-17(12)24-11)23-7-13(20)10-3-4-14-15(5-10)22-9-21-14/h3-6,8H,2,7,9H2,1H3. The maximum Gasteiger partial charge on any atom is 0.231 e. The maximum atomic E-state index is 12.5. The van der Waals surface area contributed by atoms with Crippen LogP contribution >= 0.6 is 23.1 Å². The zero-order valence-corrected chi connectivity index (χ0v) is 14.6. The van der Waals surface area contributed by atoms with E-state index in [1.165, 1.54) is 16.6 Å². The van der Waals surface area contributed by atoms with E-state index in [-0.39, 0.29) is 12.6 Å². The predicted octanol–water partition coefficient (Wildman–Crippen LogP) is 3.96. The summed E-state index contributed by atoms with van der Waals surface area (Å²) in [5, 5.41) is 1.88. The van der Waals surface area contributed by atoms with Gasteiger partial charge in [-0.15, -0.1) is 11.3 Å². The third-order valence-electron chi connectivity index (χ3n) is 3.73. The lowest BCUT2D eigenvalue weighted by molar-refractivity contribution is 0.102. The quantitative estimate of drug-likeness (QED) is 0.391. The minimum Gasteiger partial charge on any atom is -0.454 e. The molecule has 1 aromatic carbocycles. The average Bonchev–Trinajstić information content (AvgIpc) is 3.24. The number of carbonyl (C=O) groups excluding carboxylic acids is 1. The third-order valence-corrected chi connectivity index (χ3v) is 5.92. The van der Waals surface area contributed by atoms with Crippen LogP contribution in [0.25, 0.3) is 10.2 Å². The van der Waals surface area contributed by atoms with Gasteiger partial charge in [0, 0.05) is 15.8 Å². The number of thioether (sulfide) groups is 1. The summed E-state index contributed by atoms with van der Waals surface area (Å²) in [5.74, 6) is 1.67. The molecule has 7 heteroatoms. The number of ketones is 1. The first kappa shape index (κ1) is 15.4. The number of fused-ring (bicyclic) bond motifs is 2. The van der Waals surface area contributed by atoms with E-state index in [9.17, 15) is 4.79 Å². The molecule has 24 heavy (non-hydrogen) atoms. The van der Waals surface area contributed by atoms with E-state index in [4.69, 9.17) is 9.47 Å². The van der Waals surface area contributed by atoms with Crippen molar-refractivity contribution in [2.45, 2.75) is 18.4 Å². The SMILES string of the molecule is CCc1cc2c(SCC(=O)c3ccc4c(c3)OCO4)ncnc2s1. The van der Waals surface area contributed by atoms with Gasteiger partial charge < -0.3 is 9.47 Å². The molecule has 0 aliphatic carbocycles. The Morgan fingerprint density at radius 2 is 2.12 bits per heavy atom. The Balaban J connectivity index is 1.52. The second-order valence-electron chi connectivity index (χ2n) is 5.24. The highest BCUT2D eigenvalue weighted by atomic mass is 32.2. The first-order valence-electron chi connectivity index (χ1n) is 7.53. The van der Waals surface area contributed by atoms with Crippen LogP contribution in [0.4, 0.5) is 0 Å². The van der Waals surface area contributed by atoms with Crippen molar-refractivity contribution in [2.24, 2.45) is 0 Å². The van der Waals surface area contributed by atoms with Crippen LogP contribution in [-0.4, -0.2) is 28.3 Å². The second-order valence-corrected chi connectivity index (χ2v) is 7.32. The fourth-order valence-electron chi connectivity index (χ4n) is 2.46. The van der Waals surface area contributed by atoms with Crippen LogP contribution in [0.15, 0.2) is 35.6 Å². The first-order valence-corrected chi connectivity index (χ1v) is 9.34. The number of ether oxygens (including phenoxy) is 2. The molecule has 1 aliphatic heterocycles. The number of aromatic nitrogens is 2. The Hall–Kier alpha value is -2.12. The Kier molecular flexibility index (Phi) is 4.12. The summed E-state index contributed by atoms with van der Waals surface area (Å²) in [6, 6.07) is 7.40. The third kappa shape index (κ3) is 2.85. The van der Waals surface area contributed by atoms with Crippen LogP contribution < -0.4 is 9.47 Å². The van der Waals surface area contributed by atoms with Crippen LogP contribution in [0.1, 0.15) is 22.2 Å². The minimum absolute atomic E-state index is 0.0380. The summed E-state index contributed by atoms with van der Waals surface area (Å²) in [7, 11) is 0. The fraction of sp³-hybridized carbons (Fsp3) is 0.235. The van der Waals surface area contributed by atoms with Gasteiger partial charge >= 0.3 is 0 Å². The number of rotatable bonds is 5. The largest absolute Gasteiger partial charge is 0.454 e. The van der Waals surface area contributed by atoms with Crippen molar-refractivity contribution in [2.75, 3.05) is 12.5 Å². The van der Waals surface area contributed by atoms with E-state index in [1.807, 2.05) is 0 Å². The van der Waals surface area contributed by atoms with E-state index in [0.717, 1.165) is 21.7 Å². The second kappa shape index (κ2) is 6.41. The summed E-state index contributed by atoms with van der Waals surface area (Å²) in [5.41, 5.74) is 0.622. The van der Waals surface area contributed by atoms with Crippen LogP contribution in [0, 0.1) is 0 Å². The number of hydrogen-bond donors (Lipinski definition) is 0. The summed E-state index contributed by atoms with van der Waals surface area (Å²) in [6.45, 7) is 2.33. The first-order chi connectivity index (χ1) is 11.7. The van der Waals surface area contributed by atoms with Gasteiger partial charge in [0.05, 0.1) is 5.75 Å². The van der Waals surface area contributed by atoms with Crippen molar-refractivity contribution in [3.8, 4) is 11.5 Å². The van der Waals surface area contributed by atoms with Gasteiger partial charge in [-0.25, -0.2) is 9.97 Å². The Morgan fingerprint density at radius 3 is 3.00 bits per heavy atom. The van der Waals surface area contributed by atoms with Gasteiger partial charge in [0.25, 0.3) is 0 Å². The van der Waals surface area contributed by atoms with Gasteiger partial charge in [-0.05, 0) is 30.7 Å². The highest BCUT2D eigenvalue weighted by Crippen LogP contribution is 2.34. The van der Waals surface area contributed by atoms with E-state index >= 15 is 0 Å². The van der Waals surface area contributed by atoms with Crippen LogP contribution in [0.2, 0.25) is 0 Å². The van der Waals surface area contributed by atoms with Gasteiger partial charge in [-0.1, -0.05) is 18.7 Å². The van der Waals surface area contributed by atoms with Gasteiger partial charge in [-0.2, -0.15) is 0 Å². The van der Waals surface area contributed by atoms with Gasteiger partial charge in [0.15, 0.2) is 17.3 Å². The molecule has 0 radical (unpaired) electrons. The minimum atomic E-state index is 0.0380. The van der Waals surface area contributed by atoms with E-state index in [1.54, 1.807) is 35.9 Å². The highest BCUT2D eigenvalue weighted by molar-refractivity contribution is 8.00. The monoisotopic (exact) mass is 358 g/mol. The fourth-order valence-corrected chi connectivity index (χ4v) is 4.33. The average molecular weight is 358 g/mol. The van der Waals surface area contributed by atoms with Crippen molar-refractivity contribution in [3.63, 3.8) is 0 Å². The van der Waals surface area contributed by atoms with Crippen molar-refractivity contribution in [1.29, 1.82) is 0 Å². The Bertz CT molecular complexity index is 923. The molecule has 1 aliphatic rings.